The van der Waals surface area contributed by atoms with Gasteiger partial charge in [-0.05, 0) is 30.5 Å². The van der Waals surface area contributed by atoms with Gasteiger partial charge in [0.15, 0.2) is 0 Å². The highest BCUT2D eigenvalue weighted by Crippen LogP contribution is 2.16. The number of aryl methyl sites for hydroxylation is 1. The van der Waals surface area contributed by atoms with E-state index in [1.165, 1.54) is 0 Å². The zero-order valence-electron chi connectivity index (χ0n) is 11.5. The Morgan fingerprint density at radius 3 is 2.75 bits per heavy atom. The van der Waals surface area contributed by atoms with Crippen LogP contribution in [0.3, 0.4) is 0 Å². The summed E-state index contributed by atoms with van der Waals surface area (Å²) in [6.45, 7) is 1.94. The molecule has 1 amide bonds. The Balaban J connectivity index is 1.83. The van der Waals surface area contributed by atoms with E-state index in [0.717, 1.165) is 16.8 Å². The zero-order chi connectivity index (χ0) is 14.4. The third-order valence-corrected chi connectivity index (χ3v) is 3.07. The normalized spacial score (nSPS) is 11.9. The largest absolute Gasteiger partial charge is 0.325 e. The molecular weight excluding hydrogens is 250 g/mol. The number of aromatic nitrogens is 1. The molecule has 1 aromatic heterocycles. The SMILES string of the molecule is Cc1cncc(NC(=O)CCC(N)c2ccccc2)c1. The molecule has 0 bridgehead atoms. The maximum Gasteiger partial charge on any atom is 0.224 e. The van der Waals surface area contributed by atoms with E-state index in [0.29, 0.717) is 12.8 Å². The number of nitrogens with zero attached hydrogens (tertiary/aromatic N) is 1. The smallest absolute Gasteiger partial charge is 0.224 e. The number of hydrogen-bond donors (Lipinski definition) is 2. The van der Waals surface area contributed by atoms with Crippen molar-refractivity contribution in [2.45, 2.75) is 25.8 Å². The standard InChI is InChI=1S/C16H19N3O/c1-12-9-14(11-18-10-12)19-16(20)8-7-15(17)13-5-3-2-4-6-13/h2-6,9-11,15H,7-8,17H2,1H3,(H,19,20). The molecule has 4 nitrogen and oxygen atoms in total. The highest BCUT2D eigenvalue weighted by atomic mass is 16.1. The topological polar surface area (TPSA) is 68.0 Å². The first-order valence-electron chi connectivity index (χ1n) is 6.67. The van der Waals surface area contributed by atoms with Crippen LogP contribution in [0, 0.1) is 6.92 Å². The van der Waals surface area contributed by atoms with Crippen molar-refractivity contribution in [3.8, 4) is 0 Å². The molecule has 1 atom stereocenters. The number of nitrogens with one attached hydrogen (secondary N) is 1. The highest BCUT2D eigenvalue weighted by molar-refractivity contribution is 5.90. The first kappa shape index (κ1) is 14.2. The third kappa shape index (κ3) is 4.17. The summed E-state index contributed by atoms with van der Waals surface area (Å²) in [5.41, 5.74) is 8.86. The summed E-state index contributed by atoms with van der Waals surface area (Å²) in [6, 6.07) is 11.6. The molecule has 1 heterocycles. The van der Waals surface area contributed by atoms with Crippen molar-refractivity contribution >= 4 is 11.6 Å². The van der Waals surface area contributed by atoms with Gasteiger partial charge in [0.2, 0.25) is 5.91 Å². The molecule has 1 aromatic carbocycles. The summed E-state index contributed by atoms with van der Waals surface area (Å²) in [7, 11) is 0. The van der Waals surface area contributed by atoms with Crippen LogP contribution in [-0.2, 0) is 4.79 Å². The van der Waals surface area contributed by atoms with Crippen LogP contribution < -0.4 is 11.1 Å². The minimum atomic E-state index is -0.113. The molecule has 0 aliphatic carbocycles. The average Bonchev–Trinajstić information content (AvgIpc) is 2.46. The van der Waals surface area contributed by atoms with Gasteiger partial charge in [-0.15, -0.1) is 0 Å². The van der Waals surface area contributed by atoms with Gasteiger partial charge in [-0.25, -0.2) is 0 Å². The Labute approximate surface area is 119 Å². The lowest BCUT2D eigenvalue weighted by Crippen LogP contribution is -2.16. The molecule has 0 saturated heterocycles. The van der Waals surface area contributed by atoms with Gasteiger partial charge in [-0.1, -0.05) is 30.3 Å². The molecule has 4 heteroatoms. The number of carbonyl (C=O) groups excluding carboxylic acids is 1. The van der Waals surface area contributed by atoms with Crippen molar-refractivity contribution < 1.29 is 4.79 Å². The number of rotatable bonds is 5. The molecule has 0 aliphatic heterocycles. The quantitative estimate of drug-likeness (QED) is 0.877. The van der Waals surface area contributed by atoms with E-state index in [4.69, 9.17) is 5.73 Å². The molecule has 104 valence electrons. The first-order valence-corrected chi connectivity index (χ1v) is 6.67. The Morgan fingerprint density at radius 1 is 1.30 bits per heavy atom. The number of carbonyl (C=O) groups is 1. The number of nitrogens with two attached hydrogens (primary N) is 1. The van der Waals surface area contributed by atoms with E-state index in [1.54, 1.807) is 12.4 Å². The number of benzene rings is 1. The molecule has 2 aromatic rings. The zero-order valence-corrected chi connectivity index (χ0v) is 11.5. The van der Waals surface area contributed by atoms with Gasteiger partial charge in [0, 0.05) is 18.7 Å². The molecule has 0 fully saturated rings. The molecule has 0 aliphatic rings. The second-order valence-electron chi connectivity index (χ2n) is 4.85. The fourth-order valence-electron chi connectivity index (χ4n) is 2.00. The van der Waals surface area contributed by atoms with Gasteiger partial charge in [0.1, 0.15) is 0 Å². The predicted molar refractivity (Wildman–Crippen MR) is 80.2 cm³/mol. The summed E-state index contributed by atoms with van der Waals surface area (Å²) in [5.74, 6) is -0.0382. The van der Waals surface area contributed by atoms with Crippen molar-refractivity contribution in [3.05, 3.63) is 59.9 Å². The Morgan fingerprint density at radius 2 is 2.05 bits per heavy atom. The Hall–Kier alpha value is -2.20. The molecule has 1 unspecified atom stereocenters. The van der Waals surface area contributed by atoms with Crippen molar-refractivity contribution in [1.82, 2.24) is 4.98 Å². The molecular formula is C16H19N3O. The fourth-order valence-corrected chi connectivity index (χ4v) is 2.00. The lowest BCUT2D eigenvalue weighted by atomic mass is 10.0. The minimum Gasteiger partial charge on any atom is -0.325 e. The van der Waals surface area contributed by atoms with E-state index >= 15 is 0 Å². The predicted octanol–water partition coefficient (Wildman–Crippen LogP) is 2.81. The van der Waals surface area contributed by atoms with Crippen molar-refractivity contribution in [2.75, 3.05) is 5.32 Å². The maximum atomic E-state index is 11.9. The molecule has 0 spiro atoms. The average molecular weight is 269 g/mol. The Kier molecular flexibility index (Phi) is 4.85. The van der Waals surface area contributed by atoms with Gasteiger partial charge in [-0.3, -0.25) is 9.78 Å². The van der Waals surface area contributed by atoms with Crippen LogP contribution in [0.5, 0.6) is 0 Å². The van der Waals surface area contributed by atoms with Crippen molar-refractivity contribution in [1.29, 1.82) is 0 Å². The maximum absolute atomic E-state index is 11.9. The van der Waals surface area contributed by atoms with Crippen LogP contribution in [0.4, 0.5) is 5.69 Å². The Bertz CT molecular complexity index is 569. The molecule has 2 rings (SSSR count). The molecule has 0 radical (unpaired) electrons. The molecule has 20 heavy (non-hydrogen) atoms. The van der Waals surface area contributed by atoms with Crippen LogP contribution in [0.1, 0.15) is 30.0 Å². The second-order valence-corrected chi connectivity index (χ2v) is 4.85. The number of hydrogen-bond acceptors (Lipinski definition) is 3. The first-order chi connectivity index (χ1) is 9.65. The number of amides is 1. The van der Waals surface area contributed by atoms with E-state index in [9.17, 15) is 4.79 Å². The van der Waals surface area contributed by atoms with E-state index in [1.807, 2.05) is 43.3 Å². The van der Waals surface area contributed by atoms with E-state index in [-0.39, 0.29) is 11.9 Å². The summed E-state index contributed by atoms with van der Waals surface area (Å²) in [6.07, 6.45) is 4.40. The van der Waals surface area contributed by atoms with Gasteiger partial charge >= 0.3 is 0 Å². The third-order valence-electron chi connectivity index (χ3n) is 3.07. The van der Waals surface area contributed by atoms with Gasteiger partial charge < -0.3 is 11.1 Å². The van der Waals surface area contributed by atoms with Crippen LogP contribution in [0.2, 0.25) is 0 Å². The van der Waals surface area contributed by atoms with Crippen LogP contribution >= 0.6 is 0 Å². The van der Waals surface area contributed by atoms with E-state index in [2.05, 4.69) is 10.3 Å². The monoisotopic (exact) mass is 269 g/mol. The van der Waals surface area contributed by atoms with Crippen molar-refractivity contribution in [3.63, 3.8) is 0 Å². The van der Waals surface area contributed by atoms with Crippen LogP contribution in [-0.4, -0.2) is 10.9 Å². The summed E-state index contributed by atoms with van der Waals surface area (Å²) in [5, 5.41) is 2.83. The van der Waals surface area contributed by atoms with Crippen molar-refractivity contribution in [2.24, 2.45) is 5.73 Å². The summed E-state index contributed by atoms with van der Waals surface area (Å²) in [4.78, 5) is 15.9. The molecule has 3 N–H and O–H groups in total. The molecule has 0 saturated carbocycles. The van der Waals surface area contributed by atoms with Gasteiger partial charge in [-0.2, -0.15) is 0 Å². The minimum absolute atomic E-state index is 0.0382. The summed E-state index contributed by atoms with van der Waals surface area (Å²) < 4.78 is 0. The number of anilines is 1. The van der Waals surface area contributed by atoms with Gasteiger partial charge in [0.25, 0.3) is 0 Å². The lowest BCUT2D eigenvalue weighted by molar-refractivity contribution is -0.116. The second kappa shape index (κ2) is 6.82. The van der Waals surface area contributed by atoms with Crippen LogP contribution in [0.25, 0.3) is 0 Å². The van der Waals surface area contributed by atoms with Crippen LogP contribution in [0.15, 0.2) is 48.8 Å². The van der Waals surface area contributed by atoms with E-state index < -0.39 is 0 Å². The number of pyridine rings is 1. The fraction of sp³-hybridized carbons (Fsp3) is 0.250. The highest BCUT2D eigenvalue weighted by Gasteiger charge is 2.09. The summed E-state index contributed by atoms with van der Waals surface area (Å²) >= 11 is 0. The lowest BCUT2D eigenvalue weighted by Gasteiger charge is -2.12. The van der Waals surface area contributed by atoms with Gasteiger partial charge in [0.05, 0.1) is 11.9 Å².